The number of aliphatic hydroxyl groups excluding tert-OH is 1. The number of H-pyrrole nitrogens is 1. The van der Waals surface area contributed by atoms with E-state index < -0.39 is 17.9 Å². The summed E-state index contributed by atoms with van der Waals surface area (Å²) in [6.45, 7) is 9.70. The van der Waals surface area contributed by atoms with Crippen LogP contribution in [0.4, 0.5) is 5.95 Å². The highest BCUT2D eigenvalue weighted by Crippen LogP contribution is 2.37. The van der Waals surface area contributed by atoms with Gasteiger partial charge in [0.25, 0.3) is 5.56 Å². The van der Waals surface area contributed by atoms with Crippen LogP contribution in [-0.2, 0) is 14.3 Å². The molecule has 1 aliphatic rings. The van der Waals surface area contributed by atoms with E-state index >= 15 is 0 Å². The van der Waals surface area contributed by atoms with Gasteiger partial charge in [0.2, 0.25) is 11.9 Å². The van der Waals surface area contributed by atoms with Crippen LogP contribution < -0.4 is 10.9 Å². The smallest absolute Gasteiger partial charge is 0.280 e. The summed E-state index contributed by atoms with van der Waals surface area (Å²) in [5.41, 5.74) is -0.0149. The molecule has 1 unspecified atom stereocenters. The minimum atomic E-state index is -0.504. The zero-order valence-electron chi connectivity index (χ0n) is 18.2. The van der Waals surface area contributed by atoms with Gasteiger partial charge in [-0.3, -0.25) is 24.5 Å². The predicted octanol–water partition coefficient (Wildman–Crippen LogP) is 2.52. The molecule has 1 amide bonds. The number of amides is 1. The van der Waals surface area contributed by atoms with Crippen LogP contribution in [0, 0.1) is 5.92 Å². The number of nitrogens with one attached hydrogen (secondary N) is 2. The van der Waals surface area contributed by atoms with Gasteiger partial charge in [-0.15, -0.1) is 0 Å². The van der Waals surface area contributed by atoms with Crippen molar-refractivity contribution in [2.24, 2.45) is 5.92 Å². The van der Waals surface area contributed by atoms with E-state index in [1.165, 1.54) is 6.33 Å². The Bertz CT molecular complexity index is 971. The molecule has 3 heterocycles. The lowest BCUT2D eigenvalue weighted by Crippen LogP contribution is -2.27. The Kier molecular flexibility index (Phi) is 7.68. The summed E-state index contributed by atoms with van der Waals surface area (Å²) in [6.07, 6.45) is 0.648. The third-order valence-electron chi connectivity index (χ3n) is 4.51. The van der Waals surface area contributed by atoms with E-state index in [1.807, 2.05) is 0 Å². The molecule has 1 saturated heterocycles. The Morgan fingerprint density at radius 2 is 2.23 bits per heavy atom. The lowest BCUT2D eigenvalue weighted by Gasteiger charge is -2.19. The molecule has 3 atom stereocenters. The fraction of sp³-hybridized carbons (Fsp3) is 0.684. The molecule has 3 N–H and O–H groups in total. The third kappa shape index (κ3) is 6.01. The normalized spacial score (nSPS) is 21.8. The summed E-state index contributed by atoms with van der Waals surface area (Å²) in [7, 11) is 3.34. The first-order valence-corrected chi connectivity index (χ1v) is 12.4. The van der Waals surface area contributed by atoms with Crippen LogP contribution in [0.2, 0.25) is 0 Å². The lowest BCUT2D eigenvalue weighted by molar-refractivity contribution is -0.118. The standard InChI is InChI=1S/C19H29N5O5S2/c1-10(2)16(26)22-18-21-15-14(17(27)23-18)20-8-24(15)13-6-11(12(7-25)29-13)28-9-30-31-19(3,4)5/h8,10-13,25H,6-7,9H2,1-5H3,(H2,21,22,23,26,27)/t11?,12-,13-/m1/s1. The van der Waals surface area contributed by atoms with E-state index in [4.69, 9.17) is 9.47 Å². The van der Waals surface area contributed by atoms with Crippen molar-refractivity contribution in [1.82, 2.24) is 19.5 Å². The Labute approximate surface area is 188 Å². The van der Waals surface area contributed by atoms with Gasteiger partial charge in [0.15, 0.2) is 11.2 Å². The Morgan fingerprint density at radius 3 is 2.87 bits per heavy atom. The predicted molar refractivity (Wildman–Crippen MR) is 122 cm³/mol. The van der Waals surface area contributed by atoms with Gasteiger partial charge in [0.1, 0.15) is 18.3 Å². The molecule has 172 valence electrons. The van der Waals surface area contributed by atoms with E-state index in [1.54, 1.807) is 40.0 Å². The molecule has 0 aromatic carbocycles. The number of anilines is 1. The monoisotopic (exact) mass is 471 g/mol. The Hall–Kier alpha value is -1.60. The van der Waals surface area contributed by atoms with Crippen molar-refractivity contribution < 1.29 is 19.4 Å². The Balaban J connectivity index is 1.75. The maximum Gasteiger partial charge on any atom is 0.280 e. The summed E-state index contributed by atoms with van der Waals surface area (Å²) in [5, 5.41) is 12.3. The number of nitrogens with zero attached hydrogens (tertiary/aromatic N) is 3. The van der Waals surface area contributed by atoms with Crippen LogP contribution in [0.3, 0.4) is 0 Å². The van der Waals surface area contributed by atoms with Crippen molar-refractivity contribution in [3.63, 3.8) is 0 Å². The van der Waals surface area contributed by atoms with Crippen LogP contribution in [0.25, 0.3) is 11.2 Å². The van der Waals surface area contributed by atoms with Crippen molar-refractivity contribution in [2.45, 2.75) is 64.2 Å². The SMILES string of the molecule is CC(C)C(=O)Nc1nc2c(ncn2[C@H]2CC(OCSSC(C)(C)C)[C@@H](CO)O2)c(=O)[nH]1. The maximum atomic E-state index is 12.4. The number of carbonyl (C=O) groups is 1. The largest absolute Gasteiger partial charge is 0.394 e. The van der Waals surface area contributed by atoms with Crippen molar-refractivity contribution in [1.29, 1.82) is 0 Å². The summed E-state index contributed by atoms with van der Waals surface area (Å²) in [5.74, 6) is -0.00235. The number of aromatic nitrogens is 4. The number of aliphatic hydroxyl groups is 1. The molecule has 0 saturated carbocycles. The van der Waals surface area contributed by atoms with E-state index in [0.717, 1.165) is 0 Å². The topological polar surface area (TPSA) is 131 Å². The molecular weight excluding hydrogens is 442 g/mol. The quantitative estimate of drug-likeness (QED) is 0.302. The molecule has 0 aliphatic carbocycles. The second-order valence-corrected chi connectivity index (χ2v) is 11.6. The minimum absolute atomic E-state index is 0.0538. The van der Waals surface area contributed by atoms with Crippen molar-refractivity contribution >= 4 is 44.6 Å². The van der Waals surface area contributed by atoms with Crippen molar-refractivity contribution in [2.75, 3.05) is 17.9 Å². The number of rotatable bonds is 8. The summed E-state index contributed by atoms with van der Waals surface area (Å²) in [6, 6.07) is 0. The Morgan fingerprint density at radius 1 is 1.48 bits per heavy atom. The highest BCUT2D eigenvalue weighted by atomic mass is 33.1. The van der Waals surface area contributed by atoms with Gasteiger partial charge in [-0.2, -0.15) is 4.98 Å². The van der Waals surface area contributed by atoms with Gasteiger partial charge in [-0.25, -0.2) is 4.98 Å². The van der Waals surface area contributed by atoms with E-state index in [2.05, 4.69) is 41.0 Å². The highest BCUT2D eigenvalue weighted by molar-refractivity contribution is 8.77. The lowest BCUT2D eigenvalue weighted by atomic mass is 10.2. The summed E-state index contributed by atoms with van der Waals surface area (Å²) >= 11 is 0. The fourth-order valence-corrected chi connectivity index (χ4v) is 4.99. The second-order valence-electron chi connectivity index (χ2n) is 8.57. The van der Waals surface area contributed by atoms with Gasteiger partial charge >= 0.3 is 0 Å². The number of ether oxygens (including phenoxy) is 2. The number of hydrogen-bond donors (Lipinski definition) is 3. The van der Waals surface area contributed by atoms with E-state index in [0.29, 0.717) is 18.0 Å². The molecule has 31 heavy (non-hydrogen) atoms. The average molecular weight is 472 g/mol. The van der Waals surface area contributed by atoms with E-state index in [9.17, 15) is 14.7 Å². The van der Waals surface area contributed by atoms with Crippen molar-refractivity contribution in [3.8, 4) is 0 Å². The molecule has 2 aromatic rings. The fourth-order valence-electron chi connectivity index (χ4n) is 2.98. The maximum absolute atomic E-state index is 12.4. The zero-order valence-corrected chi connectivity index (χ0v) is 19.9. The van der Waals surface area contributed by atoms with Crippen LogP contribution in [0.15, 0.2) is 11.1 Å². The molecule has 10 nitrogen and oxygen atoms in total. The van der Waals surface area contributed by atoms with Crippen LogP contribution in [-0.4, -0.2) is 60.0 Å². The molecule has 0 spiro atoms. The van der Waals surface area contributed by atoms with Crippen LogP contribution >= 0.6 is 21.6 Å². The molecule has 1 aliphatic heterocycles. The third-order valence-corrected chi connectivity index (χ3v) is 7.50. The number of fused-ring (bicyclic) bond motifs is 1. The molecular formula is C19H29N5O5S2. The molecule has 12 heteroatoms. The number of imidazole rings is 1. The zero-order chi connectivity index (χ0) is 22.8. The first-order valence-electron chi connectivity index (χ1n) is 10.1. The average Bonchev–Trinajstić information content (AvgIpc) is 3.28. The number of aromatic amines is 1. The highest BCUT2D eigenvalue weighted by Gasteiger charge is 2.37. The van der Waals surface area contributed by atoms with Gasteiger partial charge in [-0.05, 0) is 0 Å². The molecule has 0 radical (unpaired) electrons. The summed E-state index contributed by atoms with van der Waals surface area (Å²) in [4.78, 5) is 35.4. The summed E-state index contributed by atoms with van der Waals surface area (Å²) < 4.78 is 13.7. The number of carbonyl (C=O) groups excluding carboxylic acids is 1. The van der Waals surface area contributed by atoms with Gasteiger partial charge in [0, 0.05) is 17.1 Å². The first-order chi connectivity index (χ1) is 14.6. The van der Waals surface area contributed by atoms with Gasteiger partial charge in [0.05, 0.1) is 19.0 Å². The second kappa shape index (κ2) is 9.90. The molecule has 2 aromatic heterocycles. The van der Waals surface area contributed by atoms with Gasteiger partial charge < -0.3 is 14.6 Å². The molecule has 1 fully saturated rings. The van der Waals surface area contributed by atoms with Crippen LogP contribution in [0.1, 0.15) is 47.3 Å². The van der Waals surface area contributed by atoms with E-state index in [-0.39, 0.29) is 40.7 Å². The molecule has 0 bridgehead atoms. The van der Waals surface area contributed by atoms with Crippen molar-refractivity contribution in [3.05, 3.63) is 16.7 Å². The molecule has 3 rings (SSSR count). The van der Waals surface area contributed by atoms with Crippen LogP contribution in [0.5, 0.6) is 0 Å². The van der Waals surface area contributed by atoms with Gasteiger partial charge in [-0.1, -0.05) is 56.2 Å². The number of hydrogen-bond acceptors (Lipinski definition) is 9. The minimum Gasteiger partial charge on any atom is -0.394 e. The first kappa shape index (κ1) is 24.1.